The summed E-state index contributed by atoms with van der Waals surface area (Å²) in [5, 5.41) is 12.2. The van der Waals surface area contributed by atoms with Gasteiger partial charge in [0.2, 0.25) is 0 Å². The minimum Gasteiger partial charge on any atom is -0.508 e. The van der Waals surface area contributed by atoms with E-state index in [0.717, 1.165) is 6.07 Å². The molecule has 1 N–H and O–H groups in total. The van der Waals surface area contributed by atoms with Crippen LogP contribution >= 0.6 is 0 Å². The fraction of sp³-hybridized carbons (Fsp3) is 0.111. The molecule has 0 unspecified atom stereocenters. The van der Waals surface area contributed by atoms with Gasteiger partial charge in [-0.3, -0.25) is 0 Å². The van der Waals surface area contributed by atoms with Gasteiger partial charge in [0.15, 0.2) is 0 Å². The first-order valence-electron chi connectivity index (χ1n) is 3.72. The van der Waals surface area contributed by atoms with Gasteiger partial charge in [-0.05, 0) is 23.7 Å². The molecule has 0 saturated heterocycles. The van der Waals surface area contributed by atoms with Gasteiger partial charge in [-0.2, -0.15) is 0 Å². The normalized spacial score (nSPS) is 8.36. The van der Waals surface area contributed by atoms with Crippen LogP contribution in [0.15, 0.2) is 23.3 Å². The summed E-state index contributed by atoms with van der Waals surface area (Å²) >= 11 is 0. The van der Waals surface area contributed by atoms with Crippen LogP contribution in [-0.4, -0.2) is 11.7 Å². The van der Waals surface area contributed by atoms with Crippen molar-refractivity contribution >= 4 is 0 Å². The van der Waals surface area contributed by atoms with Crippen molar-refractivity contribution in [3.05, 3.63) is 40.0 Å². The lowest BCUT2D eigenvalue weighted by Crippen LogP contribution is -1.82. The highest BCUT2D eigenvalue weighted by Gasteiger charge is 1.98. The number of hydrogen-bond donors (Lipinski definition) is 1. The van der Waals surface area contributed by atoms with Crippen molar-refractivity contribution in [1.82, 2.24) is 0 Å². The largest absolute Gasteiger partial charge is 0.508 e. The van der Waals surface area contributed by atoms with E-state index < -0.39 is 5.82 Å². The molecule has 0 aromatic heterocycles. The second-order valence-corrected chi connectivity index (χ2v) is 2.35. The standard InChI is InChI=1S/C9H6FN3O/c10-9-4-3-8(14)6-7(9)2-1-5-12-13-11/h3-4,6,14H,5H2. The molecule has 5 heteroatoms. The Bertz CT molecular complexity index is 441. The topological polar surface area (TPSA) is 69.0 Å². The first-order valence-corrected chi connectivity index (χ1v) is 3.72. The van der Waals surface area contributed by atoms with E-state index in [0.29, 0.717) is 0 Å². The summed E-state index contributed by atoms with van der Waals surface area (Å²) in [5.74, 6) is 4.31. The molecule has 0 amide bonds. The average molecular weight is 191 g/mol. The third-order valence-corrected chi connectivity index (χ3v) is 1.39. The Kier molecular flexibility index (Phi) is 3.36. The lowest BCUT2D eigenvalue weighted by atomic mass is 10.2. The van der Waals surface area contributed by atoms with E-state index in [1.807, 2.05) is 0 Å². The quantitative estimate of drug-likeness (QED) is 0.314. The lowest BCUT2D eigenvalue weighted by molar-refractivity contribution is 0.472. The van der Waals surface area contributed by atoms with Crippen LogP contribution in [0.4, 0.5) is 4.39 Å². The molecule has 0 fully saturated rings. The van der Waals surface area contributed by atoms with Crippen LogP contribution < -0.4 is 0 Å². The summed E-state index contributed by atoms with van der Waals surface area (Å²) in [6, 6.07) is 3.55. The molecule has 1 aromatic carbocycles. The fourth-order valence-corrected chi connectivity index (χ4v) is 0.811. The monoisotopic (exact) mass is 191 g/mol. The molecular weight excluding hydrogens is 185 g/mol. The van der Waals surface area contributed by atoms with E-state index >= 15 is 0 Å². The molecule has 0 saturated carbocycles. The zero-order valence-corrected chi connectivity index (χ0v) is 7.11. The van der Waals surface area contributed by atoms with Gasteiger partial charge in [-0.15, -0.1) is 0 Å². The maximum atomic E-state index is 13.0. The highest BCUT2D eigenvalue weighted by Crippen LogP contribution is 2.13. The summed E-state index contributed by atoms with van der Waals surface area (Å²) in [7, 11) is 0. The zero-order chi connectivity index (χ0) is 10.4. The van der Waals surface area contributed by atoms with Gasteiger partial charge in [0.25, 0.3) is 0 Å². The van der Waals surface area contributed by atoms with Crippen molar-refractivity contribution in [2.75, 3.05) is 6.54 Å². The molecule has 4 nitrogen and oxygen atoms in total. The molecule has 0 atom stereocenters. The number of phenols is 1. The number of phenolic OH excluding ortho intramolecular Hbond substituents is 1. The third kappa shape index (κ3) is 2.70. The van der Waals surface area contributed by atoms with Crippen molar-refractivity contribution in [3.8, 4) is 17.6 Å². The van der Waals surface area contributed by atoms with Crippen molar-refractivity contribution in [1.29, 1.82) is 0 Å². The van der Waals surface area contributed by atoms with Crippen LogP contribution in [0.25, 0.3) is 10.4 Å². The minimum absolute atomic E-state index is 0.0222. The Morgan fingerprint density at radius 1 is 1.57 bits per heavy atom. The summed E-state index contributed by atoms with van der Waals surface area (Å²) in [4.78, 5) is 2.49. The lowest BCUT2D eigenvalue weighted by Gasteiger charge is -1.94. The van der Waals surface area contributed by atoms with E-state index in [-0.39, 0.29) is 17.9 Å². The molecule has 0 aliphatic rings. The molecule has 70 valence electrons. The Labute approximate surface area is 79.6 Å². The Morgan fingerprint density at radius 3 is 3.07 bits per heavy atom. The van der Waals surface area contributed by atoms with Crippen molar-refractivity contribution in [3.63, 3.8) is 0 Å². The fourth-order valence-electron chi connectivity index (χ4n) is 0.811. The highest BCUT2D eigenvalue weighted by molar-refractivity contribution is 5.40. The van der Waals surface area contributed by atoms with Gasteiger partial charge < -0.3 is 5.11 Å². The Hall–Kier alpha value is -2.18. The van der Waals surface area contributed by atoms with E-state index in [4.69, 9.17) is 10.6 Å². The summed E-state index contributed by atoms with van der Waals surface area (Å²) in [6.45, 7) is -0.0222. The second kappa shape index (κ2) is 4.75. The molecule has 0 radical (unpaired) electrons. The summed E-state index contributed by atoms with van der Waals surface area (Å²) < 4.78 is 13.0. The molecule has 0 spiro atoms. The van der Waals surface area contributed by atoms with Crippen LogP contribution in [0.1, 0.15) is 5.56 Å². The average Bonchev–Trinajstić information content (AvgIpc) is 2.18. The minimum atomic E-state index is -0.517. The second-order valence-electron chi connectivity index (χ2n) is 2.35. The van der Waals surface area contributed by atoms with Gasteiger partial charge in [-0.1, -0.05) is 17.0 Å². The smallest absolute Gasteiger partial charge is 0.139 e. The maximum Gasteiger partial charge on any atom is 0.139 e. The number of halogens is 1. The van der Waals surface area contributed by atoms with Gasteiger partial charge >= 0.3 is 0 Å². The molecule has 0 aliphatic carbocycles. The van der Waals surface area contributed by atoms with Gasteiger partial charge in [0.05, 0.1) is 12.1 Å². The van der Waals surface area contributed by atoms with Crippen LogP contribution in [-0.2, 0) is 0 Å². The molecule has 0 heterocycles. The number of azide groups is 1. The van der Waals surface area contributed by atoms with E-state index in [2.05, 4.69) is 21.9 Å². The molecule has 1 rings (SSSR count). The molecular formula is C9H6FN3O. The zero-order valence-electron chi connectivity index (χ0n) is 7.11. The van der Waals surface area contributed by atoms with Crippen LogP contribution in [0.3, 0.4) is 0 Å². The predicted octanol–water partition coefficient (Wildman–Crippen LogP) is 2.19. The van der Waals surface area contributed by atoms with E-state index in [9.17, 15) is 4.39 Å². The molecule has 14 heavy (non-hydrogen) atoms. The van der Waals surface area contributed by atoms with E-state index in [1.54, 1.807) is 0 Å². The number of aromatic hydroxyl groups is 1. The first-order chi connectivity index (χ1) is 6.74. The Balaban J connectivity index is 2.88. The number of benzene rings is 1. The van der Waals surface area contributed by atoms with Crippen molar-refractivity contribution in [2.24, 2.45) is 5.11 Å². The van der Waals surface area contributed by atoms with Crippen LogP contribution in [0, 0.1) is 17.7 Å². The maximum absolute atomic E-state index is 13.0. The summed E-state index contributed by atoms with van der Waals surface area (Å²) in [6.07, 6.45) is 0. The van der Waals surface area contributed by atoms with Gasteiger partial charge in [0.1, 0.15) is 11.6 Å². The number of hydrogen-bond acceptors (Lipinski definition) is 2. The third-order valence-electron chi connectivity index (χ3n) is 1.39. The SMILES string of the molecule is [N-]=[N+]=NCC#Cc1cc(O)ccc1F. The van der Waals surface area contributed by atoms with Gasteiger partial charge in [0, 0.05) is 4.91 Å². The van der Waals surface area contributed by atoms with Crippen LogP contribution in [0.2, 0.25) is 0 Å². The van der Waals surface area contributed by atoms with Gasteiger partial charge in [-0.25, -0.2) is 4.39 Å². The highest BCUT2D eigenvalue weighted by atomic mass is 19.1. The first kappa shape index (κ1) is 9.90. The van der Waals surface area contributed by atoms with Crippen molar-refractivity contribution < 1.29 is 9.50 Å². The predicted molar refractivity (Wildman–Crippen MR) is 49.0 cm³/mol. The van der Waals surface area contributed by atoms with Crippen molar-refractivity contribution in [2.45, 2.75) is 0 Å². The summed E-state index contributed by atoms with van der Waals surface area (Å²) in [5.41, 5.74) is 8.02. The number of nitrogens with zero attached hydrogens (tertiary/aromatic N) is 3. The molecule has 1 aromatic rings. The van der Waals surface area contributed by atoms with Crippen LogP contribution in [0.5, 0.6) is 5.75 Å². The van der Waals surface area contributed by atoms with E-state index in [1.165, 1.54) is 12.1 Å². The Morgan fingerprint density at radius 2 is 2.36 bits per heavy atom. The number of rotatable bonds is 1. The molecule has 0 bridgehead atoms. The molecule has 0 aliphatic heterocycles.